The fourth-order valence-electron chi connectivity index (χ4n) is 1.51. The lowest BCUT2D eigenvalue weighted by atomic mass is 10.1. The number of sulfonamides is 1. The third-order valence-corrected chi connectivity index (χ3v) is 4.11. The number of hydrogen-bond acceptors (Lipinski definition) is 3. The van der Waals surface area contributed by atoms with Crippen molar-refractivity contribution in [1.82, 2.24) is 4.98 Å². The molecule has 1 aromatic carbocycles. The lowest BCUT2D eigenvalue weighted by molar-refractivity contribution is 0.600. The maximum atomic E-state index is 12.7. The van der Waals surface area contributed by atoms with Crippen molar-refractivity contribution in [3.8, 4) is 0 Å². The van der Waals surface area contributed by atoms with E-state index in [4.69, 9.17) is 0 Å². The summed E-state index contributed by atoms with van der Waals surface area (Å²) in [7, 11) is -3.70. The van der Waals surface area contributed by atoms with Crippen molar-refractivity contribution in [2.75, 3.05) is 4.72 Å². The number of rotatable bonds is 3. The highest BCUT2D eigenvalue weighted by Gasteiger charge is 2.15. The Balaban J connectivity index is 2.32. The van der Waals surface area contributed by atoms with Gasteiger partial charge in [-0.1, -0.05) is 6.07 Å². The topological polar surface area (TPSA) is 59.1 Å². The van der Waals surface area contributed by atoms with Gasteiger partial charge in [0.15, 0.2) is 0 Å². The molecule has 0 aliphatic heterocycles. The number of halogens is 1. The molecule has 1 aromatic heterocycles. The predicted octanol–water partition coefficient (Wildman–Crippen LogP) is 2.64. The molecule has 4 nitrogen and oxygen atoms in total. The van der Waals surface area contributed by atoms with Gasteiger partial charge in [0, 0.05) is 0 Å². The first kappa shape index (κ1) is 13.5. The molecule has 0 saturated carbocycles. The van der Waals surface area contributed by atoms with Gasteiger partial charge in [-0.05, 0) is 49.2 Å². The van der Waals surface area contributed by atoms with E-state index in [0.717, 1.165) is 23.4 Å². The first-order valence-corrected chi connectivity index (χ1v) is 7.08. The third kappa shape index (κ3) is 3.08. The Morgan fingerprint density at radius 1 is 1.11 bits per heavy atom. The molecule has 0 bridgehead atoms. The fraction of sp³-hybridized carbons (Fsp3) is 0.154. The summed E-state index contributed by atoms with van der Waals surface area (Å²) >= 11 is 0. The molecular weight excluding hydrogens is 267 g/mol. The van der Waals surface area contributed by atoms with Gasteiger partial charge in [-0.2, -0.15) is 0 Å². The highest BCUT2D eigenvalue weighted by molar-refractivity contribution is 7.92. The van der Waals surface area contributed by atoms with E-state index in [9.17, 15) is 12.8 Å². The Labute approximate surface area is 111 Å². The second-order valence-electron chi connectivity index (χ2n) is 4.21. The van der Waals surface area contributed by atoms with Crippen LogP contribution in [0.4, 0.5) is 10.2 Å². The smallest absolute Gasteiger partial charge is 0.263 e. The zero-order valence-corrected chi connectivity index (χ0v) is 11.3. The quantitative estimate of drug-likeness (QED) is 0.940. The predicted molar refractivity (Wildman–Crippen MR) is 70.9 cm³/mol. The van der Waals surface area contributed by atoms with Crippen LogP contribution in [0.5, 0.6) is 0 Å². The Bertz CT molecular complexity index is 697. The summed E-state index contributed by atoms with van der Waals surface area (Å²) in [6, 6.07) is 7.26. The molecule has 0 spiro atoms. The molecule has 1 N–H and O–H groups in total. The lowest BCUT2D eigenvalue weighted by Crippen LogP contribution is -2.14. The first-order valence-electron chi connectivity index (χ1n) is 5.60. The molecule has 1 heterocycles. The molecule has 0 radical (unpaired) electrons. The van der Waals surface area contributed by atoms with Crippen molar-refractivity contribution in [2.24, 2.45) is 0 Å². The van der Waals surface area contributed by atoms with Gasteiger partial charge >= 0.3 is 0 Å². The normalized spacial score (nSPS) is 11.3. The maximum Gasteiger partial charge on any atom is 0.263 e. The third-order valence-electron chi connectivity index (χ3n) is 2.75. The summed E-state index contributed by atoms with van der Waals surface area (Å²) in [6.07, 6.45) is 0.957. The average Bonchev–Trinajstić information content (AvgIpc) is 2.35. The van der Waals surface area contributed by atoms with E-state index in [1.54, 1.807) is 12.1 Å². The van der Waals surface area contributed by atoms with Gasteiger partial charge in [-0.15, -0.1) is 0 Å². The maximum absolute atomic E-state index is 12.7. The molecule has 0 aliphatic rings. The number of hydrogen-bond donors (Lipinski definition) is 1. The SMILES string of the molecule is Cc1ccc(S(=O)(=O)Nc2ccc(F)cn2)cc1C. The molecule has 100 valence electrons. The summed E-state index contributed by atoms with van der Waals surface area (Å²) in [6.45, 7) is 3.74. The molecular formula is C13H13FN2O2S. The van der Waals surface area contributed by atoms with Crippen LogP contribution < -0.4 is 4.72 Å². The molecule has 0 unspecified atom stereocenters. The van der Waals surface area contributed by atoms with Crippen molar-refractivity contribution in [1.29, 1.82) is 0 Å². The van der Waals surface area contributed by atoms with Crippen molar-refractivity contribution >= 4 is 15.8 Å². The van der Waals surface area contributed by atoms with Gasteiger partial charge in [-0.25, -0.2) is 17.8 Å². The molecule has 0 saturated heterocycles. The summed E-state index contributed by atoms with van der Waals surface area (Å²) < 4.78 is 39.2. The zero-order valence-electron chi connectivity index (χ0n) is 10.5. The minimum absolute atomic E-state index is 0.0830. The van der Waals surface area contributed by atoms with E-state index in [2.05, 4.69) is 9.71 Å². The van der Waals surface area contributed by atoms with Gasteiger partial charge in [-0.3, -0.25) is 4.72 Å². The summed E-state index contributed by atoms with van der Waals surface area (Å²) in [5, 5.41) is 0. The first-order chi connectivity index (χ1) is 8.88. The van der Waals surface area contributed by atoms with Crippen molar-refractivity contribution in [3.63, 3.8) is 0 Å². The van der Waals surface area contributed by atoms with E-state index in [0.29, 0.717) is 0 Å². The second-order valence-corrected chi connectivity index (χ2v) is 5.90. The number of aromatic nitrogens is 1. The van der Waals surface area contributed by atoms with Gasteiger partial charge in [0.25, 0.3) is 10.0 Å². The van der Waals surface area contributed by atoms with Crippen molar-refractivity contribution < 1.29 is 12.8 Å². The van der Waals surface area contributed by atoms with Crippen LogP contribution in [0.25, 0.3) is 0 Å². The molecule has 0 aliphatic carbocycles. The Hall–Kier alpha value is -1.95. The second kappa shape index (κ2) is 4.97. The molecule has 19 heavy (non-hydrogen) atoms. The summed E-state index contributed by atoms with van der Waals surface area (Å²) in [5.41, 5.74) is 1.90. The van der Waals surface area contributed by atoms with Crippen molar-refractivity contribution in [2.45, 2.75) is 18.7 Å². The van der Waals surface area contributed by atoms with Crippen LogP contribution in [0.15, 0.2) is 41.4 Å². The molecule has 0 atom stereocenters. The number of pyridine rings is 1. The Kier molecular flexibility index (Phi) is 3.53. The number of nitrogens with zero attached hydrogens (tertiary/aromatic N) is 1. The molecule has 0 fully saturated rings. The van der Waals surface area contributed by atoms with E-state index < -0.39 is 15.8 Å². The van der Waals surface area contributed by atoms with Crippen LogP contribution in [-0.4, -0.2) is 13.4 Å². The van der Waals surface area contributed by atoms with Gasteiger partial charge in [0.1, 0.15) is 11.6 Å². The summed E-state index contributed by atoms with van der Waals surface area (Å²) in [5.74, 6) is -0.436. The molecule has 2 rings (SSSR count). The van der Waals surface area contributed by atoms with Crippen LogP contribution in [0.2, 0.25) is 0 Å². The number of aryl methyl sites for hydroxylation is 2. The molecule has 0 amide bonds. The molecule has 6 heteroatoms. The van der Waals surface area contributed by atoms with Crippen LogP contribution in [0.1, 0.15) is 11.1 Å². The highest BCUT2D eigenvalue weighted by Crippen LogP contribution is 2.17. The molecule has 2 aromatic rings. The van der Waals surface area contributed by atoms with Gasteiger partial charge in [0.2, 0.25) is 0 Å². The van der Waals surface area contributed by atoms with E-state index in [-0.39, 0.29) is 10.7 Å². The van der Waals surface area contributed by atoms with Crippen LogP contribution in [-0.2, 0) is 10.0 Å². The standard InChI is InChI=1S/C13H13FN2O2S/c1-9-3-5-12(7-10(9)2)19(17,18)16-13-6-4-11(14)8-15-13/h3-8H,1-2H3,(H,15,16). The summed E-state index contributed by atoms with van der Waals surface area (Å²) in [4.78, 5) is 3.82. The lowest BCUT2D eigenvalue weighted by Gasteiger charge is -2.08. The highest BCUT2D eigenvalue weighted by atomic mass is 32.2. The van der Waals surface area contributed by atoms with Gasteiger partial charge < -0.3 is 0 Å². The van der Waals surface area contributed by atoms with Crippen LogP contribution in [0.3, 0.4) is 0 Å². The Morgan fingerprint density at radius 2 is 1.84 bits per heavy atom. The number of nitrogens with one attached hydrogen (secondary N) is 1. The minimum atomic E-state index is -3.70. The van der Waals surface area contributed by atoms with Crippen LogP contribution >= 0.6 is 0 Å². The fourth-order valence-corrected chi connectivity index (χ4v) is 2.61. The monoisotopic (exact) mass is 280 g/mol. The van der Waals surface area contributed by atoms with E-state index in [1.807, 2.05) is 13.8 Å². The Morgan fingerprint density at radius 3 is 2.42 bits per heavy atom. The minimum Gasteiger partial charge on any atom is -0.263 e. The van der Waals surface area contributed by atoms with Gasteiger partial charge in [0.05, 0.1) is 11.1 Å². The van der Waals surface area contributed by atoms with Crippen molar-refractivity contribution in [3.05, 3.63) is 53.5 Å². The number of benzene rings is 1. The average molecular weight is 280 g/mol. The van der Waals surface area contributed by atoms with E-state index >= 15 is 0 Å². The zero-order chi connectivity index (χ0) is 14.0. The van der Waals surface area contributed by atoms with E-state index in [1.165, 1.54) is 12.1 Å². The van der Waals surface area contributed by atoms with Crippen LogP contribution in [0, 0.1) is 19.7 Å². The largest absolute Gasteiger partial charge is 0.263 e. The number of anilines is 1.